The average molecular weight is 281 g/mol. The van der Waals surface area contributed by atoms with Crippen molar-refractivity contribution in [1.82, 2.24) is 15.1 Å². The van der Waals surface area contributed by atoms with Gasteiger partial charge >= 0.3 is 0 Å². The molecule has 1 saturated carbocycles. The lowest BCUT2D eigenvalue weighted by Gasteiger charge is -2.23. The molecule has 0 saturated heterocycles. The van der Waals surface area contributed by atoms with E-state index in [-0.39, 0.29) is 0 Å². The fourth-order valence-electron chi connectivity index (χ4n) is 2.62. The highest BCUT2D eigenvalue weighted by molar-refractivity contribution is 4.98. The molecule has 1 aliphatic rings. The zero-order chi connectivity index (χ0) is 14.2. The fourth-order valence-corrected chi connectivity index (χ4v) is 2.62. The van der Waals surface area contributed by atoms with Crippen LogP contribution >= 0.6 is 0 Å². The van der Waals surface area contributed by atoms with Crippen molar-refractivity contribution in [3.8, 4) is 0 Å². The summed E-state index contributed by atoms with van der Waals surface area (Å²) < 4.78 is 7.57. The summed E-state index contributed by atoms with van der Waals surface area (Å²) in [5.74, 6) is 0. The van der Waals surface area contributed by atoms with Gasteiger partial charge in [-0.3, -0.25) is 4.68 Å². The Kier molecular flexibility index (Phi) is 6.50. The molecular weight excluding hydrogens is 254 g/mol. The summed E-state index contributed by atoms with van der Waals surface area (Å²) in [6.07, 6.45) is 8.95. The average Bonchev–Trinajstić information content (AvgIpc) is 2.88. The Bertz CT molecular complexity index is 375. The Labute approximate surface area is 121 Å². The van der Waals surface area contributed by atoms with E-state index in [1.807, 2.05) is 24.0 Å². The highest BCUT2D eigenvalue weighted by Crippen LogP contribution is 2.20. The lowest BCUT2D eigenvalue weighted by Crippen LogP contribution is -2.33. The molecule has 1 atom stereocenters. The van der Waals surface area contributed by atoms with E-state index in [2.05, 4.69) is 10.4 Å². The summed E-state index contributed by atoms with van der Waals surface area (Å²) in [6, 6.07) is 2.02. The van der Waals surface area contributed by atoms with E-state index in [1.54, 1.807) is 0 Å². The second-order valence-electron chi connectivity index (χ2n) is 5.68. The lowest BCUT2D eigenvalue weighted by atomic mass is 9.98. The maximum absolute atomic E-state index is 9.87. The Morgan fingerprint density at radius 1 is 1.45 bits per heavy atom. The van der Waals surface area contributed by atoms with E-state index >= 15 is 0 Å². The first-order valence-electron chi connectivity index (χ1n) is 7.73. The highest BCUT2D eigenvalue weighted by Gasteiger charge is 2.15. The first-order valence-corrected chi connectivity index (χ1v) is 7.73. The second kappa shape index (κ2) is 8.39. The van der Waals surface area contributed by atoms with E-state index in [4.69, 9.17) is 4.74 Å². The fraction of sp³-hybridized carbons (Fsp3) is 0.800. The Hall–Kier alpha value is -0.910. The van der Waals surface area contributed by atoms with E-state index in [0.717, 1.165) is 31.5 Å². The number of nitrogens with one attached hydrogen (secondary N) is 1. The molecule has 5 nitrogen and oxygen atoms in total. The maximum Gasteiger partial charge on any atom is 0.0897 e. The van der Waals surface area contributed by atoms with E-state index in [9.17, 15) is 5.11 Å². The van der Waals surface area contributed by atoms with Gasteiger partial charge in [-0.25, -0.2) is 0 Å². The minimum atomic E-state index is -0.416. The number of aryl methyl sites for hydroxylation is 1. The number of hydrogen-bond acceptors (Lipinski definition) is 4. The summed E-state index contributed by atoms with van der Waals surface area (Å²) in [4.78, 5) is 0. The van der Waals surface area contributed by atoms with Gasteiger partial charge in [-0.2, -0.15) is 5.10 Å². The molecule has 0 aromatic carbocycles. The van der Waals surface area contributed by atoms with Crippen LogP contribution in [0.15, 0.2) is 12.3 Å². The summed E-state index contributed by atoms with van der Waals surface area (Å²) in [5.41, 5.74) is 1.08. The first-order chi connectivity index (χ1) is 9.74. The zero-order valence-corrected chi connectivity index (χ0v) is 12.4. The van der Waals surface area contributed by atoms with Crippen LogP contribution in [0.4, 0.5) is 0 Å². The minimum Gasteiger partial charge on any atom is -0.389 e. The molecule has 1 fully saturated rings. The van der Waals surface area contributed by atoms with Crippen molar-refractivity contribution >= 4 is 0 Å². The summed E-state index contributed by atoms with van der Waals surface area (Å²) in [5, 5.41) is 17.4. The quantitative estimate of drug-likeness (QED) is 0.704. The van der Waals surface area contributed by atoms with Gasteiger partial charge in [0.2, 0.25) is 0 Å². The molecule has 2 N–H and O–H groups in total. The molecule has 1 heterocycles. The van der Waals surface area contributed by atoms with Crippen LogP contribution in [-0.4, -0.2) is 46.8 Å². The van der Waals surface area contributed by atoms with E-state index < -0.39 is 6.10 Å². The van der Waals surface area contributed by atoms with Crippen LogP contribution in [0.1, 0.15) is 37.8 Å². The van der Waals surface area contributed by atoms with Crippen LogP contribution in [-0.2, 0) is 18.2 Å². The van der Waals surface area contributed by atoms with Gasteiger partial charge in [0.1, 0.15) is 0 Å². The van der Waals surface area contributed by atoms with Crippen molar-refractivity contribution in [2.45, 2.75) is 50.7 Å². The van der Waals surface area contributed by atoms with Gasteiger partial charge in [-0.15, -0.1) is 0 Å². The third-order valence-electron chi connectivity index (χ3n) is 3.78. The van der Waals surface area contributed by atoms with Crippen LogP contribution in [0.5, 0.6) is 0 Å². The Balaban J connectivity index is 1.50. The Morgan fingerprint density at radius 2 is 2.25 bits per heavy atom. The van der Waals surface area contributed by atoms with Crippen molar-refractivity contribution < 1.29 is 9.84 Å². The number of aliphatic hydroxyl groups is 1. The topological polar surface area (TPSA) is 59.3 Å². The van der Waals surface area contributed by atoms with Crippen molar-refractivity contribution in [2.24, 2.45) is 7.05 Å². The number of aromatic nitrogens is 2. The molecule has 0 bridgehead atoms. The molecule has 0 aliphatic heterocycles. The van der Waals surface area contributed by atoms with E-state index in [1.165, 1.54) is 19.3 Å². The molecule has 5 heteroatoms. The lowest BCUT2D eigenvalue weighted by molar-refractivity contribution is -0.0228. The summed E-state index contributed by atoms with van der Waals surface area (Å²) in [6.45, 7) is 1.86. The van der Waals surface area contributed by atoms with Gasteiger partial charge in [-0.05, 0) is 18.9 Å². The Morgan fingerprint density at radius 3 is 2.95 bits per heavy atom. The molecule has 114 valence electrons. The standard InChI is InChI=1S/C15H27N3O2/c1-18-10-8-13(17-18)7-9-16-11-14(19)12-20-15-5-3-2-4-6-15/h8,10,14-16,19H,2-7,9,11-12H2,1H3. The van der Waals surface area contributed by atoms with Crippen molar-refractivity contribution in [1.29, 1.82) is 0 Å². The monoisotopic (exact) mass is 281 g/mol. The SMILES string of the molecule is Cn1ccc(CCNCC(O)COC2CCCCC2)n1. The molecule has 1 aromatic heterocycles. The molecule has 0 amide bonds. The van der Waals surface area contributed by atoms with Gasteiger partial charge in [0.25, 0.3) is 0 Å². The van der Waals surface area contributed by atoms with Crippen molar-refractivity contribution in [3.05, 3.63) is 18.0 Å². The molecule has 1 aromatic rings. The normalized spacial score (nSPS) is 18.3. The molecule has 1 aliphatic carbocycles. The molecule has 1 unspecified atom stereocenters. The number of hydrogen-bond donors (Lipinski definition) is 2. The van der Waals surface area contributed by atoms with Crippen LogP contribution in [0.2, 0.25) is 0 Å². The number of rotatable bonds is 8. The number of nitrogens with zero attached hydrogens (tertiary/aromatic N) is 2. The van der Waals surface area contributed by atoms with Crippen LogP contribution in [0.25, 0.3) is 0 Å². The molecule has 0 spiro atoms. The van der Waals surface area contributed by atoms with Gasteiger partial charge in [-0.1, -0.05) is 19.3 Å². The van der Waals surface area contributed by atoms with Gasteiger partial charge in [0.05, 0.1) is 24.5 Å². The highest BCUT2D eigenvalue weighted by atomic mass is 16.5. The smallest absolute Gasteiger partial charge is 0.0897 e. The minimum absolute atomic E-state index is 0.368. The van der Waals surface area contributed by atoms with Gasteiger partial charge in [0, 0.05) is 32.8 Å². The largest absolute Gasteiger partial charge is 0.389 e. The number of ether oxygens (including phenoxy) is 1. The summed E-state index contributed by atoms with van der Waals surface area (Å²) in [7, 11) is 1.92. The van der Waals surface area contributed by atoms with Gasteiger partial charge in [0.15, 0.2) is 0 Å². The first kappa shape index (κ1) is 15.5. The van der Waals surface area contributed by atoms with Crippen LogP contribution in [0, 0.1) is 0 Å². The maximum atomic E-state index is 9.87. The summed E-state index contributed by atoms with van der Waals surface area (Å²) >= 11 is 0. The molecule has 20 heavy (non-hydrogen) atoms. The van der Waals surface area contributed by atoms with Crippen molar-refractivity contribution in [3.63, 3.8) is 0 Å². The third-order valence-corrected chi connectivity index (χ3v) is 3.78. The second-order valence-corrected chi connectivity index (χ2v) is 5.68. The van der Waals surface area contributed by atoms with E-state index in [0.29, 0.717) is 19.3 Å². The molecular formula is C15H27N3O2. The van der Waals surface area contributed by atoms with Crippen LogP contribution < -0.4 is 5.32 Å². The van der Waals surface area contributed by atoms with Crippen LogP contribution in [0.3, 0.4) is 0 Å². The van der Waals surface area contributed by atoms with Gasteiger partial charge < -0.3 is 15.2 Å². The predicted molar refractivity (Wildman–Crippen MR) is 78.6 cm³/mol. The molecule has 2 rings (SSSR count). The predicted octanol–water partition coefficient (Wildman–Crippen LogP) is 1.26. The molecule has 0 radical (unpaired) electrons. The third kappa shape index (κ3) is 5.61. The zero-order valence-electron chi connectivity index (χ0n) is 12.4. The van der Waals surface area contributed by atoms with Crippen molar-refractivity contribution in [2.75, 3.05) is 19.7 Å². The number of aliphatic hydroxyl groups excluding tert-OH is 1.